The van der Waals surface area contributed by atoms with Gasteiger partial charge in [-0.05, 0) is 6.42 Å². The van der Waals surface area contributed by atoms with E-state index in [2.05, 4.69) is 6.92 Å². The first kappa shape index (κ1) is 11.6. The fourth-order valence-electron chi connectivity index (χ4n) is 1.68. The van der Waals surface area contributed by atoms with Gasteiger partial charge in [-0.1, -0.05) is 37.3 Å². The molecule has 0 aliphatic carbocycles. The molecule has 3 nitrogen and oxygen atoms in total. The number of ether oxygens (including phenoxy) is 3. The molecule has 2 unspecified atom stereocenters. The van der Waals surface area contributed by atoms with E-state index >= 15 is 0 Å². The third kappa shape index (κ3) is 3.04. The van der Waals surface area contributed by atoms with E-state index in [1.165, 1.54) is 0 Å². The molecule has 0 saturated carbocycles. The van der Waals surface area contributed by atoms with Crippen LogP contribution in [0.2, 0.25) is 0 Å². The van der Waals surface area contributed by atoms with E-state index in [0.29, 0.717) is 13.2 Å². The van der Waals surface area contributed by atoms with Gasteiger partial charge in [-0.2, -0.15) is 0 Å². The fourth-order valence-corrected chi connectivity index (χ4v) is 1.68. The molecule has 0 bridgehead atoms. The van der Waals surface area contributed by atoms with Crippen molar-refractivity contribution in [2.24, 2.45) is 0 Å². The minimum atomic E-state index is -0.226. The maximum Gasteiger partial charge on any atom is 0.184 e. The summed E-state index contributed by atoms with van der Waals surface area (Å²) in [5, 5.41) is 0. The van der Waals surface area contributed by atoms with Gasteiger partial charge in [0.1, 0.15) is 6.10 Å². The van der Waals surface area contributed by atoms with Crippen LogP contribution in [0.15, 0.2) is 30.3 Å². The molecule has 1 saturated heterocycles. The Morgan fingerprint density at radius 1 is 1.31 bits per heavy atom. The number of rotatable bonds is 5. The monoisotopic (exact) mass is 222 g/mol. The van der Waals surface area contributed by atoms with Gasteiger partial charge in [0.05, 0.1) is 13.2 Å². The lowest BCUT2D eigenvalue weighted by atomic mass is 10.2. The van der Waals surface area contributed by atoms with Crippen molar-refractivity contribution in [1.29, 1.82) is 0 Å². The first-order valence-electron chi connectivity index (χ1n) is 5.80. The van der Waals surface area contributed by atoms with Gasteiger partial charge in [0.25, 0.3) is 0 Å². The third-order valence-electron chi connectivity index (χ3n) is 2.47. The first-order chi connectivity index (χ1) is 7.90. The number of benzene rings is 1. The second kappa shape index (κ2) is 5.99. The molecule has 0 amide bonds. The highest BCUT2D eigenvalue weighted by Crippen LogP contribution is 2.26. The summed E-state index contributed by atoms with van der Waals surface area (Å²) in [7, 11) is 0. The molecule has 1 aliphatic heterocycles. The van der Waals surface area contributed by atoms with Gasteiger partial charge in [-0.25, -0.2) is 0 Å². The molecule has 2 atom stereocenters. The third-order valence-corrected chi connectivity index (χ3v) is 2.47. The average molecular weight is 222 g/mol. The van der Waals surface area contributed by atoms with Crippen LogP contribution in [0.1, 0.15) is 25.2 Å². The summed E-state index contributed by atoms with van der Waals surface area (Å²) in [6, 6.07) is 9.99. The van der Waals surface area contributed by atoms with Crippen molar-refractivity contribution >= 4 is 0 Å². The predicted octanol–water partition coefficient (Wildman–Crippen LogP) is 2.53. The Morgan fingerprint density at radius 2 is 2.12 bits per heavy atom. The van der Waals surface area contributed by atoms with Crippen molar-refractivity contribution in [2.45, 2.75) is 25.7 Å². The first-order valence-corrected chi connectivity index (χ1v) is 5.80. The molecule has 3 heteroatoms. The SMILES string of the molecule is CCCOCC1COC(c2ccccc2)O1. The summed E-state index contributed by atoms with van der Waals surface area (Å²) < 4.78 is 16.8. The summed E-state index contributed by atoms with van der Waals surface area (Å²) in [6.07, 6.45) is 0.878. The van der Waals surface area contributed by atoms with Crippen molar-refractivity contribution in [3.8, 4) is 0 Å². The van der Waals surface area contributed by atoms with Gasteiger partial charge in [-0.15, -0.1) is 0 Å². The van der Waals surface area contributed by atoms with E-state index in [-0.39, 0.29) is 12.4 Å². The fraction of sp³-hybridized carbons (Fsp3) is 0.538. The lowest BCUT2D eigenvalue weighted by molar-refractivity contribution is -0.0737. The van der Waals surface area contributed by atoms with Crippen molar-refractivity contribution in [2.75, 3.05) is 19.8 Å². The average Bonchev–Trinajstić information content (AvgIpc) is 2.79. The van der Waals surface area contributed by atoms with Crippen LogP contribution in [-0.4, -0.2) is 25.9 Å². The van der Waals surface area contributed by atoms with Gasteiger partial charge in [-0.3, -0.25) is 0 Å². The summed E-state index contributed by atoms with van der Waals surface area (Å²) in [4.78, 5) is 0. The Kier molecular flexibility index (Phi) is 4.34. The minimum Gasteiger partial charge on any atom is -0.379 e. The van der Waals surface area contributed by atoms with Gasteiger partial charge >= 0.3 is 0 Å². The van der Waals surface area contributed by atoms with Crippen LogP contribution in [0.4, 0.5) is 0 Å². The second-order valence-electron chi connectivity index (χ2n) is 3.91. The van der Waals surface area contributed by atoms with E-state index in [0.717, 1.165) is 18.6 Å². The van der Waals surface area contributed by atoms with Crippen LogP contribution in [0, 0.1) is 0 Å². The van der Waals surface area contributed by atoms with E-state index in [1.54, 1.807) is 0 Å². The maximum absolute atomic E-state index is 5.75. The van der Waals surface area contributed by atoms with Gasteiger partial charge < -0.3 is 14.2 Å². The lowest BCUT2D eigenvalue weighted by Gasteiger charge is -2.11. The summed E-state index contributed by atoms with van der Waals surface area (Å²) >= 11 is 0. The van der Waals surface area contributed by atoms with Crippen molar-refractivity contribution in [3.05, 3.63) is 35.9 Å². The molecule has 88 valence electrons. The maximum atomic E-state index is 5.75. The highest BCUT2D eigenvalue weighted by molar-refractivity contribution is 5.16. The number of hydrogen-bond donors (Lipinski definition) is 0. The molecule has 1 heterocycles. The topological polar surface area (TPSA) is 27.7 Å². The summed E-state index contributed by atoms with van der Waals surface area (Å²) in [5.74, 6) is 0. The standard InChI is InChI=1S/C13H18O3/c1-2-8-14-9-12-10-15-13(16-12)11-6-4-3-5-7-11/h3-7,12-13H,2,8-10H2,1H3. The molecule has 0 N–H and O–H groups in total. The van der Waals surface area contributed by atoms with E-state index in [1.807, 2.05) is 30.3 Å². The number of hydrogen-bond acceptors (Lipinski definition) is 3. The normalized spacial score (nSPS) is 24.8. The van der Waals surface area contributed by atoms with Crippen LogP contribution in [0.5, 0.6) is 0 Å². The lowest BCUT2D eigenvalue weighted by Crippen LogP contribution is -2.18. The van der Waals surface area contributed by atoms with Crippen LogP contribution in [0.3, 0.4) is 0 Å². The predicted molar refractivity (Wildman–Crippen MR) is 61.1 cm³/mol. The zero-order valence-electron chi connectivity index (χ0n) is 9.59. The smallest absolute Gasteiger partial charge is 0.184 e. The molecular formula is C13H18O3. The zero-order chi connectivity index (χ0) is 11.2. The molecule has 1 aromatic rings. The molecule has 1 fully saturated rings. The second-order valence-corrected chi connectivity index (χ2v) is 3.91. The molecule has 0 spiro atoms. The Morgan fingerprint density at radius 3 is 2.88 bits per heavy atom. The summed E-state index contributed by atoms with van der Waals surface area (Å²) in [6.45, 7) is 4.12. The summed E-state index contributed by atoms with van der Waals surface area (Å²) in [5.41, 5.74) is 1.07. The van der Waals surface area contributed by atoms with Crippen LogP contribution < -0.4 is 0 Å². The Labute approximate surface area is 96.3 Å². The zero-order valence-corrected chi connectivity index (χ0v) is 9.59. The molecule has 16 heavy (non-hydrogen) atoms. The highest BCUT2D eigenvalue weighted by Gasteiger charge is 2.26. The van der Waals surface area contributed by atoms with Crippen molar-refractivity contribution in [1.82, 2.24) is 0 Å². The van der Waals surface area contributed by atoms with Crippen molar-refractivity contribution in [3.63, 3.8) is 0 Å². The molecule has 1 aromatic carbocycles. The van der Waals surface area contributed by atoms with E-state index in [9.17, 15) is 0 Å². The van der Waals surface area contributed by atoms with Crippen LogP contribution in [0.25, 0.3) is 0 Å². The molecule has 2 rings (SSSR count). The largest absolute Gasteiger partial charge is 0.379 e. The molecule has 0 aromatic heterocycles. The van der Waals surface area contributed by atoms with Gasteiger partial charge in [0, 0.05) is 12.2 Å². The van der Waals surface area contributed by atoms with Gasteiger partial charge in [0.15, 0.2) is 6.29 Å². The Balaban J connectivity index is 1.79. The van der Waals surface area contributed by atoms with Crippen molar-refractivity contribution < 1.29 is 14.2 Å². The Bertz CT molecular complexity index is 299. The van der Waals surface area contributed by atoms with E-state index in [4.69, 9.17) is 14.2 Å². The highest BCUT2D eigenvalue weighted by atomic mass is 16.7. The molecular weight excluding hydrogens is 204 g/mol. The van der Waals surface area contributed by atoms with Crippen LogP contribution >= 0.6 is 0 Å². The quantitative estimate of drug-likeness (QED) is 0.716. The van der Waals surface area contributed by atoms with Gasteiger partial charge in [0.2, 0.25) is 0 Å². The minimum absolute atomic E-state index is 0.0664. The van der Waals surface area contributed by atoms with E-state index < -0.39 is 0 Å². The van der Waals surface area contributed by atoms with Crippen LogP contribution in [-0.2, 0) is 14.2 Å². The molecule has 1 aliphatic rings. The molecule has 0 radical (unpaired) electrons. The Hall–Kier alpha value is -0.900.